The molecule has 0 spiro atoms. The molecule has 3 aromatic carbocycles. The highest BCUT2D eigenvalue weighted by Gasteiger charge is 2.35. The van der Waals surface area contributed by atoms with Gasteiger partial charge in [-0.1, -0.05) is 72.8 Å². The second-order valence-electron chi connectivity index (χ2n) is 7.91. The zero-order chi connectivity index (χ0) is 23.3. The van der Waals surface area contributed by atoms with Gasteiger partial charge in [-0.05, 0) is 23.3 Å². The van der Waals surface area contributed by atoms with E-state index in [0.717, 1.165) is 11.1 Å². The van der Waals surface area contributed by atoms with E-state index in [-0.39, 0.29) is 18.4 Å². The van der Waals surface area contributed by atoms with Crippen molar-refractivity contribution >= 4 is 11.8 Å². The first-order valence-corrected chi connectivity index (χ1v) is 11.0. The van der Waals surface area contributed by atoms with Crippen molar-refractivity contribution in [2.45, 2.75) is 19.8 Å². The van der Waals surface area contributed by atoms with E-state index in [1.165, 1.54) is 4.90 Å². The summed E-state index contributed by atoms with van der Waals surface area (Å²) in [5, 5.41) is 0. The van der Waals surface area contributed by atoms with E-state index >= 15 is 0 Å². The van der Waals surface area contributed by atoms with Gasteiger partial charge in [0.25, 0.3) is 11.8 Å². The number of ether oxygens (including phenoxy) is 2. The lowest BCUT2D eigenvalue weighted by molar-refractivity contribution is 0.0640. The molecule has 0 unspecified atom stereocenters. The average Bonchev–Trinajstić information content (AvgIpc) is 3.13. The van der Waals surface area contributed by atoms with Crippen molar-refractivity contribution in [3.63, 3.8) is 0 Å². The molecule has 6 nitrogen and oxygen atoms in total. The van der Waals surface area contributed by atoms with Crippen molar-refractivity contribution in [2.75, 3.05) is 0 Å². The number of rotatable bonds is 8. The number of pyridine rings is 1. The number of hydrogen-bond acceptors (Lipinski definition) is 5. The van der Waals surface area contributed by atoms with Gasteiger partial charge in [-0.2, -0.15) is 0 Å². The summed E-state index contributed by atoms with van der Waals surface area (Å²) in [7, 11) is 0. The zero-order valence-electron chi connectivity index (χ0n) is 18.4. The number of carbonyl (C=O) groups is 2. The molecule has 0 saturated carbocycles. The summed E-state index contributed by atoms with van der Waals surface area (Å²) in [5.41, 5.74) is 3.39. The Hall–Kier alpha value is -4.45. The first-order chi connectivity index (χ1) is 16.7. The minimum Gasteiger partial charge on any atom is -0.485 e. The molecule has 0 saturated heterocycles. The summed E-state index contributed by atoms with van der Waals surface area (Å²) in [6, 6.07) is 28.2. The molecule has 168 valence electrons. The van der Waals surface area contributed by atoms with E-state index in [9.17, 15) is 9.59 Å². The molecule has 34 heavy (non-hydrogen) atoms. The zero-order valence-corrected chi connectivity index (χ0v) is 18.4. The van der Waals surface area contributed by atoms with Crippen LogP contribution in [0.4, 0.5) is 0 Å². The van der Waals surface area contributed by atoms with Crippen LogP contribution in [-0.2, 0) is 19.8 Å². The first kappa shape index (κ1) is 21.4. The topological polar surface area (TPSA) is 68.7 Å². The summed E-state index contributed by atoms with van der Waals surface area (Å²) < 4.78 is 12.1. The van der Waals surface area contributed by atoms with E-state index in [1.807, 2.05) is 60.7 Å². The van der Waals surface area contributed by atoms with Gasteiger partial charge in [0.1, 0.15) is 13.2 Å². The molecule has 4 aromatic rings. The normalized spacial score (nSPS) is 12.5. The van der Waals surface area contributed by atoms with Crippen molar-refractivity contribution in [1.82, 2.24) is 9.88 Å². The summed E-state index contributed by atoms with van der Waals surface area (Å²) in [6.07, 6.45) is 1.58. The third-order valence-corrected chi connectivity index (χ3v) is 5.56. The number of imide groups is 1. The predicted octanol–water partition coefficient (Wildman–Crippen LogP) is 5.04. The van der Waals surface area contributed by atoms with Crippen molar-refractivity contribution in [3.8, 4) is 11.5 Å². The Bertz CT molecular complexity index is 1290. The fourth-order valence-corrected chi connectivity index (χ4v) is 3.79. The Balaban J connectivity index is 1.37. The lowest BCUT2D eigenvalue weighted by Gasteiger charge is -2.17. The van der Waals surface area contributed by atoms with Crippen LogP contribution in [-0.4, -0.2) is 21.7 Å². The Morgan fingerprint density at radius 1 is 0.647 bits per heavy atom. The van der Waals surface area contributed by atoms with Crippen LogP contribution in [0, 0.1) is 0 Å². The molecular weight excluding hydrogens is 428 g/mol. The summed E-state index contributed by atoms with van der Waals surface area (Å²) in [5.74, 6) is 0.351. The maximum Gasteiger partial charge on any atom is 0.261 e. The second kappa shape index (κ2) is 9.58. The minimum atomic E-state index is -0.321. The van der Waals surface area contributed by atoms with Gasteiger partial charge < -0.3 is 9.47 Å². The molecule has 6 heteroatoms. The maximum atomic E-state index is 12.8. The van der Waals surface area contributed by atoms with Crippen LogP contribution in [0.5, 0.6) is 11.5 Å². The number of benzene rings is 3. The van der Waals surface area contributed by atoms with Crippen LogP contribution < -0.4 is 9.47 Å². The molecule has 2 heterocycles. The Morgan fingerprint density at radius 3 is 1.71 bits per heavy atom. The van der Waals surface area contributed by atoms with Gasteiger partial charge in [0.05, 0.1) is 29.6 Å². The summed E-state index contributed by atoms with van der Waals surface area (Å²) >= 11 is 0. The monoisotopic (exact) mass is 450 g/mol. The van der Waals surface area contributed by atoms with Crippen molar-refractivity contribution in [2.24, 2.45) is 0 Å². The van der Waals surface area contributed by atoms with E-state index in [4.69, 9.17) is 9.47 Å². The average molecular weight is 450 g/mol. The first-order valence-electron chi connectivity index (χ1n) is 11.0. The lowest BCUT2D eigenvalue weighted by Crippen LogP contribution is -2.29. The third-order valence-electron chi connectivity index (χ3n) is 5.56. The van der Waals surface area contributed by atoms with Crippen LogP contribution in [0.2, 0.25) is 0 Å². The van der Waals surface area contributed by atoms with Gasteiger partial charge in [-0.3, -0.25) is 19.5 Å². The molecule has 0 radical (unpaired) electrons. The quantitative estimate of drug-likeness (QED) is 0.352. The molecule has 0 bridgehead atoms. The SMILES string of the molecule is O=C1c2ccccc2C(=O)N1Cc1cc(OCc2ccccc2)c(OCc2ccccc2)cn1. The summed E-state index contributed by atoms with van der Waals surface area (Å²) in [4.78, 5) is 31.2. The van der Waals surface area contributed by atoms with Crippen molar-refractivity contribution in [3.05, 3.63) is 125 Å². The molecule has 1 aliphatic rings. The number of amides is 2. The van der Waals surface area contributed by atoms with Crippen molar-refractivity contribution < 1.29 is 19.1 Å². The highest BCUT2D eigenvalue weighted by atomic mass is 16.5. The molecule has 1 aromatic heterocycles. The van der Waals surface area contributed by atoms with Crippen LogP contribution in [0.25, 0.3) is 0 Å². The van der Waals surface area contributed by atoms with Gasteiger partial charge in [0.15, 0.2) is 11.5 Å². The lowest BCUT2D eigenvalue weighted by atomic mass is 10.1. The van der Waals surface area contributed by atoms with E-state index in [1.54, 1.807) is 36.5 Å². The van der Waals surface area contributed by atoms with E-state index in [2.05, 4.69) is 4.98 Å². The minimum absolute atomic E-state index is 0.0486. The van der Waals surface area contributed by atoms with Crippen LogP contribution in [0.3, 0.4) is 0 Å². The predicted molar refractivity (Wildman–Crippen MR) is 126 cm³/mol. The molecule has 0 fully saturated rings. The maximum absolute atomic E-state index is 12.8. The van der Waals surface area contributed by atoms with Gasteiger partial charge in [-0.15, -0.1) is 0 Å². The molecule has 0 aliphatic carbocycles. The van der Waals surface area contributed by atoms with Gasteiger partial charge >= 0.3 is 0 Å². The van der Waals surface area contributed by atoms with Gasteiger partial charge in [0.2, 0.25) is 0 Å². The summed E-state index contributed by atoms with van der Waals surface area (Å²) in [6.45, 7) is 0.758. The molecule has 5 rings (SSSR count). The highest BCUT2D eigenvalue weighted by Crippen LogP contribution is 2.30. The molecule has 2 amide bonds. The number of hydrogen-bond donors (Lipinski definition) is 0. The van der Waals surface area contributed by atoms with Crippen LogP contribution in [0.1, 0.15) is 37.5 Å². The fraction of sp³-hybridized carbons (Fsp3) is 0.107. The van der Waals surface area contributed by atoms with Crippen LogP contribution >= 0.6 is 0 Å². The standard InChI is InChI=1S/C28H22N2O4/c31-27-23-13-7-8-14-24(23)28(32)30(27)17-22-15-25(33-18-20-9-3-1-4-10-20)26(16-29-22)34-19-21-11-5-2-6-12-21/h1-16H,17-19H2. The largest absolute Gasteiger partial charge is 0.485 e. The smallest absolute Gasteiger partial charge is 0.261 e. The molecular formula is C28H22N2O4. The Kier molecular flexibility index (Phi) is 6.03. The second-order valence-corrected chi connectivity index (χ2v) is 7.91. The van der Waals surface area contributed by atoms with E-state index < -0.39 is 0 Å². The molecule has 0 atom stereocenters. The Labute approximate surface area is 197 Å². The number of nitrogens with zero attached hydrogens (tertiary/aromatic N) is 2. The number of carbonyl (C=O) groups excluding carboxylic acids is 2. The molecule has 1 aliphatic heterocycles. The third kappa shape index (κ3) is 4.52. The Morgan fingerprint density at radius 2 is 1.15 bits per heavy atom. The highest BCUT2D eigenvalue weighted by molar-refractivity contribution is 6.21. The molecule has 0 N–H and O–H groups in total. The fourth-order valence-electron chi connectivity index (χ4n) is 3.79. The van der Waals surface area contributed by atoms with Crippen LogP contribution in [0.15, 0.2) is 97.2 Å². The van der Waals surface area contributed by atoms with Crippen molar-refractivity contribution in [1.29, 1.82) is 0 Å². The van der Waals surface area contributed by atoms with E-state index in [0.29, 0.717) is 41.5 Å². The number of fused-ring (bicyclic) bond motifs is 1. The number of aromatic nitrogens is 1. The van der Waals surface area contributed by atoms with Gasteiger partial charge in [0, 0.05) is 6.07 Å². The van der Waals surface area contributed by atoms with Gasteiger partial charge in [-0.25, -0.2) is 0 Å².